The van der Waals surface area contributed by atoms with Crippen molar-refractivity contribution in [2.24, 2.45) is 0 Å². The Hall–Kier alpha value is -1.02. The van der Waals surface area contributed by atoms with Crippen LogP contribution >= 0.6 is 0 Å². The van der Waals surface area contributed by atoms with Crippen LogP contribution in [0, 0.1) is 5.82 Å². The molecule has 0 radical (unpaired) electrons. The second kappa shape index (κ2) is 5.64. The number of hydrogen-bond donors (Lipinski definition) is 2. The van der Waals surface area contributed by atoms with E-state index in [1.54, 1.807) is 13.1 Å². The molecule has 1 aromatic rings. The molecule has 0 amide bonds. The second-order valence-corrected chi connectivity index (χ2v) is 7.31. The van der Waals surface area contributed by atoms with Gasteiger partial charge in [0.25, 0.3) is 0 Å². The molecule has 2 bridgehead atoms. The van der Waals surface area contributed by atoms with Crippen LogP contribution in [-0.4, -0.2) is 33.7 Å². The molecule has 1 aromatic carbocycles. The first kappa shape index (κ1) is 14.9. The Bertz CT molecular complexity index is 635. The number of rotatable bonds is 5. The minimum absolute atomic E-state index is 0.0728. The summed E-state index contributed by atoms with van der Waals surface area (Å²) in [4.78, 5) is -0.301. The molecule has 2 heterocycles. The molecular weight excluding hydrogens is 295 g/mol. The normalized spacial score (nSPS) is 28.2. The maximum absolute atomic E-state index is 14.1. The standard InChI is InChI=1S/C14H19FN2O3S/c1-16-8-9-2-5-14(11(15)6-9)21(18,19)17-12-7-10-3-4-13(12)20-10/h2,5-6,10,12-13,16-17H,3-4,7-8H2,1H3. The van der Waals surface area contributed by atoms with Crippen molar-refractivity contribution < 1.29 is 17.5 Å². The maximum atomic E-state index is 14.1. The largest absolute Gasteiger partial charge is 0.373 e. The highest BCUT2D eigenvalue weighted by atomic mass is 32.2. The molecule has 2 fully saturated rings. The van der Waals surface area contributed by atoms with E-state index < -0.39 is 15.8 Å². The fourth-order valence-electron chi connectivity index (χ4n) is 3.10. The summed E-state index contributed by atoms with van der Waals surface area (Å²) in [6, 6.07) is 3.94. The quantitative estimate of drug-likeness (QED) is 0.855. The molecule has 3 rings (SSSR count). The summed E-state index contributed by atoms with van der Waals surface area (Å²) in [5.41, 5.74) is 0.706. The van der Waals surface area contributed by atoms with Gasteiger partial charge in [-0.05, 0) is 44.0 Å². The Labute approximate surface area is 123 Å². The Morgan fingerprint density at radius 1 is 1.38 bits per heavy atom. The van der Waals surface area contributed by atoms with E-state index in [0.717, 1.165) is 12.8 Å². The molecule has 2 N–H and O–H groups in total. The zero-order chi connectivity index (χ0) is 15.0. The number of benzene rings is 1. The fourth-order valence-corrected chi connectivity index (χ4v) is 4.44. The van der Waals surface area contributed by atoms with E-state index in [1.165, 1.54) is 12.1 Å². The molecule has 0 aromatic heterocycles. The molecule has 0 aliphatic carbocycles. The molecule has 21 heavy (non-hydrogen) atoms. The van der Waals surface area contributed by atoms with E-state index >= 15 is 0 Å². The van der Waals surface area contributed by atoms with Crippen LogP contribution < -0.4 is 10.0 Å². The number of halogens is 1. The van der Waals surface area contributed by atoms with Gasteiger partial charge in [0.15, 0.2) is 0 Å². The highest BCUT2D eigenvalue weighted by Gasteiger charge is 2.42. The lowest BCUT2D eigenvalue weighted by Crippen LogP contribution is -2.41. The van der Waals surface area contributed by atoms with Crippen molar-refractivity contribution in [3.63, 3.8) is 0 Å². The number of fused-ring (bicyclic) bond motifs is 2. The van der Waals surface area contributed by atoms with Crippen molar-refractivity contribution in [3.05, 3.63) is 29.6 Å². The lowest BCUT2D eigenvalue weighted by molar-refractivity contribution is 0.0996. The molecule has 116 valence electrons. The third-order valence-electron chi connectivity index (χ3n) is 4.08. The van der Waals surface area contributed by atoms with Crippen LogP contribution in [0.4, 0.5) is 4.39 Å². The van der Waals surface area contributed by atoms with Crippen LogP contribution in [0.25, 0.3) is 0 Å². The van der Waals surface area contributed by atoms with Gasteiger partial charge in [-0.15, -0.1) is 0 Å². The topological polar surface area (TPSA) is 67.4 Å². The minimum atomic E-state index is -3.85. The fraction of sp³-hybridized carbons (Fsp3) is 0.571. The van der Waals surface area contributed by atoms with Crippen molar-refractivity contribution in [2.45, 2.75) is 49.0 Å². The Kier molecular flexibility index (Phi) is 4.00. The molecule has 0 spiro atoms. The molecule has 2 aliphatic heterocycles. The van der Waals surface area contributed by atoms with Gasteiger partial charge in [0.05, 0.1) is 18.2 Å². The van der Waals surface area contributed by atoms with E-state index in [9.17, 15) is 12.8 Å². The van der Waals surface area contributed by atoms with Crippen molar-refractivity contribution in [3.8, 4) is 0 Å². The number of nitrogens with one attached hydrogen (secondary N) is 2. The third kappa shape index (κ3) is 2.96. The Balaban J connectivity index is 1.78. The van der Waals surface area contributed by atoms with Gasteiger partial charge in [-0.1, -0.05) is 6.07 Å². The summed E-state index contributed by atoms with van der Waals surface area (Å²) < 4.78 is 46.9. The number of sulfonamides is 1. The predicted molar refractivity (Wildman–Crippen MR) is 75.8 cm³/mol. The van der Waals surface area contributed by atoms with Gasteiger partial charge >= 0.3 is 0 Å². The lowest BCUT2D eigenvalue weighted by atomic mass is 9.96. The Morgan fingerprint density at radius 2 is 2.19 bits per heavy atom. The first-order chi connectivity index (χ1) is 9.99. The minimum Gasteiger partial charge on any atom is -0.373 e. The second-order valence-electron chi connectivity index (χ2n) is 5.63. The van der Waals surface area contributed by atoms with Crippen molar-refractivity contribution in [1.29, 1.82) is 0 Å². The maximum Gasteiger partial charge on any atom is 0.243 e. The van der Waals surface area contributed by atoms with Gasteiger partial charge in [-0.25, -0.2) is 17.5 Å². The van der Waals surface area contributed by atoms with E-state index in [2.05, 4.69) is 10.0 Å². The first-order valence-electron chi connectivity index (χ1n) is 7.10. The molecule has 5 nitrogen and oxygen atoms in total. The molecule has 2 aliphatic rings. The molecule has 3 atom stereocenters. The van der Waals surface area contributed by atoms with E-state index in [-0.39, 0.29) is 23.1 Å². The third-order valence-corrected chi connectivity index (χ3v) is 5.60. The summed E-state index contributed by atoms with van der Waals surface area (Å²) in [5.74, 6) is -0.723. The first-order valence-corrected chi connectivity index (χ1v) is 8.59. The molecule has 2 saturated heterocycles. The van der Waals surface area contributed by atoms with Gasteiger partial charge in [0.1, 0.15) is 10.7 Å². The van der Waals surface area contributed by atoms with Gasteiger partial charge in [-0.2, -0.15) is 0 Å². The summed E-state index contributed by atoms with van der Waals surface area (Å²) in [5, 5.41) is 2.90. The highest BCUT2D eigenvalue weighted by Crippen LogP contribution is 2.35. The van der Waals surface area contributed by atoms with Gasteiger partial charge < -0.3 is 10.1 Å². The highest BCUT2D eigenvalue weighted by molar-refractivity contribution is 7.89. The van der Waals surface area contributed by atoms with E-state index in [0.29, 0.717) is 18.5 Å². The number of ether oxygens (including phenoxy) is 1. The lowest BCUT2D eigenvalue weighted by Gasteiger charge is -2.20. The summed E-state index contributed by atoms with van der Waals surface area (Å²) in [6.45, 7) is 0.491. The van der Waals surface area contributed by atoms with Crippen LogP contribution in [0.1, 0.15) is 24.8 Å². The number of hydrogen-bond acceptors (Lipinski definition) is 4. The average molecular weight is 314 g/mol. The zero-order valence-corrected chi connectivity index (χ0v) is 12.6. The van der Waals surface area contributed by atoms with Gasteiger partial charge in [0, 0.05) is 6.54 Å². The summed E-state index contributed by atoms with van der Waals surface area (Å²) >= 11 is 0. The molecular formula is C14H19FN2O3S. The average Bonchev–Trinajstić information content (AvgIpc) is 3.00. The van der Waals surface area contributed by atoms with Crippen molar-refractivity contribution in [1.82, 2.24) is 10.0 Å². The van der Waals surface area contributed by atoms with Crippen molar-refractivity contribution in [2.75, 3.05) is 7.05 Å². The molecule has 0 saturated carbocycles. The van der Waals surface area contributed by atoms with Gasteiger partial charge in [0.2, 0.25) is 10.0 Å². The van der Waals surface area contributed by atoms with E-state index in [1.807, 2.05) is 0 Å². The summed E-state index contributed by atoms with van der Waals surface area (Å²) in [7, 11) is -2.10. The zero-order valence-electron chi connectivity index (χ0n) is 11.8. The van der Waals surface area contributed by atoms with Crippen LogP contribution in [0.15, 0.2) is 23.1 Å². The molecule has 3 unspecified atom stereocenters. The predicted octanol–water partition coefficient (Wildman–Crippen LogP) is 1.14. The van der Waals surface area contributed by atoms with Crippen LogP contribution in [-0.2, 0) is 21.3 Å². The van der Waals surface area contributed by atoms with E-state index in [4.69, 9.17) is 4.74 Å². The summed E-state index contributed by atoms with van der Waals surface area (Å²) in [6.07, 6.45) is 2.59. The molecule has 7 heteroatoms. The van der Waals surface area contributed by atoms with Crippen LogP contribution in [0.2, 0.25) is 0 Å². The van der Waals surface area contributed by atoms with Crippen molar-refractivity contribution >= 4 is 10.0 Å². The van der Waals surface area contributed by atoms with Crippen LogP contribution in [0.3, 0.4) is 0 Å². The smallest absolute Gasteiger partial charge is 0.243 e. The Morgan fingerprint density at radius 3 is 2.76 bits per heavy atom. The SMILES string of the molecule is CNCc1ccc(S(=O)(=O)NC2CC3CCC2O3)c(F)c1. The monoisotopic (exact) mass is 314 g/mol. The van der Waals surface area contributed by atoms with Gasteiger partial charge in [-0.3, -0.25) is 0 Å². The van der Waals surface area contributed by atoms with Crippen LogP contribution in [0.5, 0.6) is 0 Å².